The van der Waals surface area contributed by atoms with E-state index in [1.54, 1.807) is 12.1 Å². The summed E-state index contributed by atoms with van der Waals surface area (Å²) in [6.45, 7) is 0. The molecular formula is C13H14O4. The second-order valence-corrected chi connectivity index (χ2v) is 3.98. The number of hydrogen-bond acceptors (Lipinski definition) is 4. The number of hydrogen-bond donors (Lipinski definition) is 0. The highest BCUT2D eigenvalue weighted by Gasteiger charge is 2.38. The van der Waals surface area contributed by atoms with E-state index in [0.29, 0.717) is 12.0 Å². The first kappa shape index (κ1) is 12.0. The lowest BCUT2D eigenvalue weighted by molar-refractivity contribution is -0.159. The zero-order valence-electron chi connectivity index (χ0n) is 9.80. The van der Waals surface area contributed by atoms with Gasteiger partial charge in [-0.05, 0) is 12.0 Å². The van der Waals surface area contributed by atoms with Crippen molar-refractivity contribution in [2.75, 3.05) is 14.2 Å². The SMILES string of the molecule is COC(OC)C(=O)C1Cc2ccccc2C1=O. The van der Waals surface area contributed by atoms with Crippen LogP contribution in [0.5, 0.6) is 0 Å². The molecule has 0 N–H and O–H groups in total. The van der Waals surface area contributed by atoms with Crippen molar-refractivity contribution in [1.29, 1.82) is 0 Å². The average molecular weight is 234 g/mol. The Morgan fingerprint density at radius 3 is 2.53 bits per heavy atom. The second-order valence-electron chi connectivity index (χ2n) is 3.98. The lowest BCUT2D eigenvalue weighted by Gasteiger charge is -2.15. The minimum Gasteiger partial charge on any atom is -0.349 e. The highest BCUT2D eigenvalue weighted by molar-refractivity contribution is 6.14. The fraction of sp³-hybridized carbons (Fsp3) is 0.385. The fourth-order valence-electron chi connectivity index (χ4n) is 2.16. The molecule has 0 saturated carbocycles. The zero-order chi connectivity index (χ0) is 12.4. The molecule has 2 rings (SSSR count). The van der Waals surface area contributed by atoms with E-state index in [2.05, 4.69) is 0 Å². The number of ketones is 2. The van der Waals surface area contributed by atoms with Crippen molar-refractivity contribution in [2.45, 2.75) is 12.7 Å². The van der Waals surface area contributed by atoms with Crippen LogP contribution in [0.15, 0.2) is 24.3 Å². The Hall–Kier alpha value is -1.52. The summed E-state index contributed by atoms with van der Waals surface area (Å²) in [5.41, 5.74) is 1.55. The van der Waals surface area contributed by atoms with Gasteiger partial charge in [-0.25, -0.2) is 0 Å². The van der Waals surface area contributed by atoms with E-state index in [1.165, 1.54) is 14.2 Å². The van der Waals surface area contributed by atoms with E-state index in [1.807, 2.05) is 12.1 Å². The molecule has 90 valence electrons. The van der Waals surface area contributed by atoms with Gasteiger partial charge in [0.15, 0.2) is 11.6 Å². The molecule has 1 aromatic carbocycles. The summed E-state index contributed by atoms with van der Waals surface area (Å²) >= 11 is 0. The van der Waals surface area contributed by atoms with Crippen LogP contribution in [0.2, 0.25) is 0 Å². The van der Waals surface area contributed by atoms with Gasteiger partial charge in [-0.3, -0.25) is 9.59 Å². The molecule has 4 heteroatoms. The minimum atomic E-state index is -0.960. The van der Waals surface area contributed by atoms with Crippen molar-refractivity contribution in [3.8, 4) is 0 Å². The summed E-state index contributed by atoms with van der Waals surface area (Å²) in [5, 5.41) is 0. The Morgan fingerprint density at radius 2 is 1.94 bits per heavy atom. The summed E-state index contributed by atoms with van der Waals surface area (Å²) in [6, 6.07) is 7.28. The van der Waals surface area contributed by atoms with E-state index in [-0.39, 0.29) is 11.6 Å². The molecular weight excluding hydrogens is 220 g/mol. The van der Waals surface area contributed by atoms with Crippen molar-refractivity contribution in [3.63, 3.8) is 0 Å². The molecule has 1 aliphatic carbocycles. The van der Waals surface area contributed by atoms with Crippen molar-refractivity contribution in [1.82, 2.24) is 0 Å². The Balaban J connectivity index is 2.23. The van der Waals surface area contributed by atoms with Gasteiger partial charge < -0.3 is 9.47 Å². The van der Waals surface area contributed by atoms with Gasteiger partial charge in [-0.15, -0.1) is 0 Å². The Morgan fingerprint density at radius 1 is 1.29 bits per heavy atom. The lowest BCUT2D eigenvalue weighted by Crippen LogP contribution is -2.34. The maximum Gasteiger partial charge on any atom is 0.218 e. The topological polar surface area (TPSA) is 52.6 Å². The summed E-state index contributed by atoms with van der Waals surface area (Å²) in [6.07, 6.45) is -0.518. The standard InChI is InChI=1S/C13H14O4/c1-16-13(17-2)12(15)10-7-8-5-3-4-6-9(8)11(10)14/h3-6,10,13H,7H2,1-2H3. The molecule has 17 heavy (non-hydrogen) atoms. The fourth-order valence-corrected chi connectivity index (χ4v) is 2.16. The molecule has 0 aromatic heterocycles. The van der Waals surface area contributed by atoms with Gasteiger partial charge in [0.1, 0.15) is 0 Å². The average Bonchev–Trinajstić information content (AvgIpc) is 2.69. The molecule has 0 fully saturated rings. The normalized spacial score (nSPS) is 18.5. The van der Waals surface area contributed by atoms with Crippen LogP contribution in [-0.2, 0) is 20.7 Å². The highest BCUT2D eigenvalue weighted by Crippen LogP contribution is 2.28. The van der Waals surface area contributed by atoms with E-state index in [0.717, 1.165) is 5.56 Å². The van der Waals surface area contributed by atoms with Gasteiger partial charge in [-0.1, -0.05) is 24.3 Å². The molecule has 0 aliphatic heterocycles. The summed E-state index contributed by atoms with van der Waals surface area (Å²) in [7, 11) is 2.78. The van der Waals surface area contributed by atoms with Crippen LogP contribution in [0.3, 0.4) is 0 Å². The first-order valence-corrected chi connectivity index (χ1v) is 5.40. The number of rotatable bonds is 4. The van der Waals surface area contributed by atoms with Crippen molar-refractivity contribution < 1.29 is 19.1 Å². The summed E-state index contributed by atoms with van der Waals surface area (Å²) < 4.78 is 9.79. The molecule has 0 amide bonds. The van der Waals surface area contributed by atoms with Crippen LogP contribution in [0.1, 0.15) is 15.9 Å². The largest absolute Gasteiger partial charge is 0.349 e. The lowest BCUT2D eigenvalue weighted by atomic mass is 9.99. The maximum atomic E-state index is 12.0. The van der Waals surface area contributed by atoms with E-state index in [9.17, 15) is 9.59 Å². The van der Waals surface area contributed by atoms with Crippen LogP contribution < -0.4 is 0 Å². The number of ether oxygens (including phenoxy) is 2. The minimum absolute atomic E-state index is 0.135. The van der Waals surface area contributed by atoms with Gasteiger partial charge in [0.25, 0.3) is 0 Å². The summed E-state index contributed by atoms with van der Waals surface area (Å²) in [4.78, 5) is 24.1. The first-order valence-electron chi connectivity index (χ1n) is 5.40. The number of carbonyl (C=O) groups is 2. The molecule has 0 spiro atoms. The Bertz CT molecular complexity index is 448. The van der Waals surface area contributed by atoms with Gasteiger partial charge in [0, 0.05) is 19.8 Å². The second kappa shape index (κ2) is 4.77. The number of carbonyl (C=O) groups excluding carboxylic acids is 2. The molecule has 1 atom stereocenters. The van der Waals surface area contributed by atoms with Gasteiger partial charge in [0.2, 0.25) is 6.29 Å². The predicted molar refractivity (Wildman–Crippen MR) is 60.8 cm³/mol. The molecule has 0 radical (unpaired) electrons. The monoisotopic (exact) mass is 234 g/mol. The van der Waals surface area contributed by atoms with Crippen LogP contribution in [0.25, 0.3) is 0 Å². The molecule has 1 unspecified atom stereocenters. The number of Topliss-reactive ketones (excluding diaryl/α,β-unsaturated/α-hetero) is 2. The Kier molecular flexibility index (Phi) is 3.36. The molecule has 4 nitrogen and oxygen atoms in total. The number of fused-ring (bicyclic) bond motifs is 1. The number of methoxy groups -OCH3 is 2. The maximum absolute atomic E-state index is 12.0. The van der Waals surface area contributed by atoms with Crippen LogP contribution >= 0.6 is 0 Å². The van der Waals surface area contributed by atoms with Crippen LogP contribution in [0.4, 0.5) is 0 Å². The Labute approximate surface area is 99.5 Å². The third-order valence-corrected chi connectivity index (χ3v) is 3.03. The quantitative estimate of drug-likeness (QED) is 0.581. The van der Waals surface area contributed by atoms with E-state index < -0.39 is 12.2 Å². The van der Waals surface area contributed by atoms with Gasteiger partial charge in [0.05, 0.1) is 5.92 Å². The number of benzene rings is 1. The molecule has 0 bridgehead atoms. The summed E-state index contributed by atoms with van der Waals surface area (Å²) in [5.74, 6) is -1.11. The molecule has 1 aromatic rings. The predicted octanol–water partition coefficient (Wildman–Crippen LogP) is 1.23. The highest BCUT2D eigenvalue weighted by atomic mass is 16.7. The molecule has 1 aliphatic rings. The van der Waals surface area contributed by atoms with Crippen molar-refractivity contribution in [2.24, 2.45) is 5.92 Å². The van der Waals surface area contributed by atoms with Crippen molar-refractivity contribution >= 4 is 11.6 Å². The smallest absolute Gasteiger partial charge is 0.218 e. The van der Waals surface area contributed by atoms with Crippen LogP contribution in [0, 0.1) is 5.92 Å². The molecule has 0 heterocycles. The van der Waals surface area contributed by atoms with Crippen LogP contribution in [-0.4, -0.2) is 32.1 Å². The van der Waals surface area contributed by atoms with Crippen molar-refractivity contribution in [3.05, 3.63) is 35.4 Å². The molecule has 0 saturated heterocycles. The van der Waals surface area contributed by atoms with E-state index in [4.69, 9.17) is 9.47 Å². The first-order chi connectivity index (χ1) is 8.19. The zero-order valence-corrected chi connectivity index (χ0v) is 9.80. The third kappa shape index (κ3) is 2.01. The van der Waals surface area contributed by atoms with Gasteiger partial charge >= 0.3 is 0 Å². The van der Waals surface area contributed by atoms with E-state index >= 15 is 0 Å². The van der Waals surface area contributed by atoms with Gasteiger partial charge in [-0.2, -0.15) is 0 Å². The third-order valence-electron chi connectivity index (χ3n) is 3.03.